The third-order valence-corrected chi connectivity index (χ3v) is 6.15. The molecule has 3 rings (SSSR count). The molecular weight excluding hydrogens is 500 g/mol. The highest BCUT2D eigenvalue weighted by Gasteiger charge is 2.25. The number of cyclic esters (lactones) is 1. The summed E-state index contributed by atoms with van der Waals surface area (Å²) in [6.07, 6.45) is 5.30. The lowest BCUT2D eigenvalue weighted by molar-refractivity contribution is -0.145. The number of nitrogens with one attached hydrogen (secondary N) is 2. The van der Waals surface area contributed by atoms with Crippen LogP contribution in [-0.4, -0.2) is 61.9 Å². The molecule has 39 heavy (non-hydrogen) atoms. The molecule has 1 heterocycles. The van der Waals surface area contributed by atoms with Crippen molar-refractivity contribution in [3.8, 4) is 5.75 Å². The van der Waals surface area contributed by atoms with Crippen LogP contribution in [0.4, 0.5) is 0 Å². The maximum atomic E-state index is 13.2. The molecule has 0 spiro atoms. The number of ether oxygens (including phenoxy) is 3. The highest BCUT2D eigenvalue weighted by atomic mass is 16.5. The molecule has 3 N–H and O–H groups in total. The normalized spacial score (nSPS) is 18.3. The number of rotatable bonds is 12. The van der Waals surface area contributed by atoms with Gasteiger partial charge in [-0.3, -0.25) is 14.4 Å². The van der Waals surface area contributed by atoms with E-state index in [1.54, 1.807) is 0 Å². The molecule has 9 nitrogen and oxygen atoms in total. The maximum absolute atomic E-state index is 13.2. The second kappa shape index (κ2) is 17.0. The Morgan fingerprint density at radius 1 is 1.03 bits per heavy atom. The van der Waals surface area contributed by atoms with E-state index in [0.717, 1.165) is 16.9 Å². The second-order valence-electron chi connectivity index (χ2n) is 9.34. The number of amides is 2. The third-order valence-electron chi connectivity index (χ3n) is 6.15. The van der Waals surface area contributed by atoms with Crippen molar-refractivity contribution in [2.24, 2.45) is 5.92 Å². The Balaban J connectivity index is 1.59. The van der Waals surface area contributed by atoms with E-state index in [1.165, 1.54) is 0 Å². The van der Waals surface area contributed by atoms with Gasteiger partial charge in [-0.2, -0.15) is 0 Å². The summed E-state index contributed by atoms with van der Waals surface area (Å²) in [5.41, 5.74) is 2.03. The summed E-state index contributed by atoms with van der Waals surface area (Å²) in [6.45, 7) is 1.22. The zero-order chi connectivity index (χ0) is 27.7. The molecule has 1 aliphatic rings. The van der Waals surface area contributed by atoms with E-state index in [1.807, 2.05) is 66.7 Å². The number of hydrogen-bond donors (Lipinski definition) is 3. The van der Waals surface area contributed by atoms with E-state index in [4.69, 9.17) is 19.3 Å². The SMILES string of the molecule is O=C(CC1CC=CCCC(=O)OCC(Cc2ccc(OCc3ccccc3)cc2)NC1=O)NCCOCCO. The van der Waals surface area contributed by atoms with Crippen molar-refractivity contribution in [1.82, 2.24) is 10.6 Å². The molecule has 1 aliphatic heterocycles. The van der Waals surface area contributed by atoms with Gasteiger partial charge in [-0.1, -0.05) is 54.6 Å². The first kappa shape index (κ1) is 29.9. The van der Waals surface area contributed by atoms with Gasteiger partial charge in [0.05, 0.1) is 31.8 Å². The molecule has 210 valence electrons. The molecule has 9 heteroatoms. The van der Waals surface area contributed by atoms with Crippen LogP contribution in [0.15, 0.2) is 66.7 Å². The van der Waals surface area contributed by atoms with Gasteiger partial charge in [-0.05, 0) is 42.5 Å². The minimum atomic E-state index is -0.564. The fourth-order valence-electron chi connectivity index (χ4n) is 4.07. The van der Waals surface area contributed by atoms with Crippen LogP contribution in [0, 0.1) is 5.92 Å². The Kier molecular flexibility index (Phi) is 13.0. The van der Waals surface area contributed by atoms with E-state index in [0.29, 0.717) is 32.4 Å². The Morgan fingerprint density at radius 3 is 2.59 bits per heavy atom. The Bertz CT molecular complexity index is 1060. The van der Waals surface area contributed by atoms with Crippen molar-refractivity contribution < 1.29 is 33.7 Å². The average molecular weight is 539 g/mol. The first-order valence-electron chi connectivity index (χ1n) is 13.4. The van der Waals surface area contributed by atoms with Crippen molar-refractivity contribution in [1.29, 1.82) is 0 Å². The number of carbonyl (C=O) groups is 3. The highest BCUT2D eigenvalue weighted by molar-refractivity contribution is 5.86. The zero-order valence-electron chi connectivity index (χ0n) is 22.2. The number of esters is 1. The van der Waals surface area contributed by atoms with Crippen LogP contribution in [0.2, 0.25) is 0 Å². The standard InChI is InChI=1S/C30H38N2O7/c33-16-18-37-17-15-31-28(34)20-25-9-5-2-6-10-29(35)39-22-26(32-30(25)36)19-23-11-13-27(14-12-23)38-21-24-7-3-1-4-8-24/h1-5,7-8,11-14,25-26,33H,6,9-10,15-22H2,(H,31,34)(H,32,36). The molecule has 0 saturated heterocycles. The van der Waals surface area contributed by atoms with E-state index in [2.05, 4.69) is 10.6 Å². The molecule has 0 bridgehead atoms. The monoisotopic (exact) mass is 538 g/mol. The number of benzene rings is 2. The van der Waals surface area contributed by atoms with Crippen molar-refractivity contribution in [3.63, 3.8) is 0 Å². The number of hydrogen-bond acceptors (Lipinski definition) is 7. The van der Waals surface area contributed by atoms with Crippen molar-refractivity contribution in [2.75, 3.05) is 33.0 Å². The Labute approximate surface area is 229 Å². The molecule has 0 fully saturated rings. The number of aliphatic hydroxyl groups is 1. The number of allylic oxidation sites excluding steroid dienone is 2. The van der Waals surface area contributed by atoms with Gasteiger partial charge in [0.25, 0.3) is 0 Å². The number of aliphatic hydroxyl groups excluding tert-OH is 1. The summed E-state index contributed by atoms with van der Waals surface area (Å²) in [7, 11) is 0. The molecule has 2 aromatic rings. The number of carbonyl (C=O) groups excluding carboxylic acids is 3. The molecule has 2 atom stereocenters. The van der Waals surface area contributed by atoms with Crippen molar-refractivity contribution in [2.45, 2.75) is 44.8 Å². The molecule has 0 aromatic heterocycles. The van der Waals surface area contributed by atoms with Crippen LogP contribution < -0.4 is 15.4 Å². The molecule has 0 radical (unpaired) electrons. The topological polar surface area (TPSA) is 123 Å². The van der Waals surface area contributed by atoms with Gasteiger partial charge >= 0.3 is 5.97 Å². The summed E-state index contributed by atoms with van der Waals surface area (Å²) in [5.74, 6) is -0.668. The van der Waals surface area contributed by atoms with Gasteiger partial charge in [0, 0.05) is 19.4 Å². The van der Waals surface area contributed by atoms with E-state index >= 15 is 0 Å². The van der Waals surface area contributed by atoms with E-state index in [-0.39, 0.29) is 57.1 Å². The van der Waals surface area contributed by atoms with E-state index in [9.17, 15) is 14.4 Å². The largest absolute Gasteiger partial charge is 0.489 e. The summed E-state index contributed by atoms with van der Waals surface area (Å²) in [5, 5.41) is 14.5. The summed E-state index contributed by atoms with van der Waals surface area (Å²) < 4.78 is 16.4. The molecule has 2 aromatic carbocycles. The minimum Gasteiger partial charge on any atom is -0.489 e. The average Bonchev–Trinajstić information content (AvgIpc) is 2.94. The molecule has 2 unspecified atom stereocenters. The molecule has 0 aliphatic carbocycles. The van der Waals surface area contributed by atoms with Crippen LogP contribution in [0.5, 0.6) is 5.75 Å². The second-order valence-corrected chi connectivity index (χ2v) is 9.34. The van der Waals surface area contributed by atoms with Crippen LogP contribution in [0.3, 0.4) is 0 Å². The van der Waals surface area contributed by atoms with Crippen LogP contribution in [-0.2, 0) is 36.9 Å². The zero-order valence-corrected chi connectivity index (χ0v) is 22.2. The van der Waals surface area contributed by atoms with Crippen LogP contribution in [0.1, 0.15) is 36.8 Å². The Morgan fingerprint density at radius 2 is 1.82 bits per heavy atom. The van der Waals surface area contributed by atoms with E-state index < -0.39 is 12.0 Å². The lowest BCUT2D eigenvalue weighted by Gasteiger charge is -2.23. The summed E-state index contributed by atoms with van der Waals surface area (Å²) in [4.78, 5) is 37.8. The predicted octanol–water partition coefficient (Wildman–Crippen LogP) is 2.71. The first-order chi connectivity index (χ1) is 19.0. The first-order valence-corrected chi connectivity index (χ1v) is 13.4. The quantitative estimate of drug-likeness (QED) is 0.216. The van der Waals surface area contributed by atoms with Gasteiger partial charge in [-0.25, -0.2) is 0 Å². The third kappa shape index (κ3) is 11.7. The fourth-order valence-corrected chi connectivity index (χ4v) is 4.07. The van der Waals surface area contributed by atoms with Gasteiger partial charge < -0.3 is 30.0 Å². The maximum Gasteiger partial charge on any atom is 0.306 e. The fraction of sp³-hybridized carbons (Fsp3) is 0.433. The molecular formula is C30H38N2O7. The van der Waals surface area contributed by atoms with Gasteiger partial charge in [0.2, 0.25) is 11.8 Å². The molecule has 2 amide bonds. The Hall–Kier alpha value is -3.69. The van der Waals surface area contributed by atoms with Crippen molar-refractivity contribution in [3.05, 3.63) is 77.9 Å². The van der Waals surface area contributed by atoms with Crippen LogP contribution in [0.25, 0.3) is 0 Å². The smallest absolute Gasteiger partial charge is 0.306 e. The lowest BCUT2D eigenvalue weighted by atomic mass is 9.97. The van der Waals surface area contributed by atoms with Gasteiger partial charge in [-0.15, -0.1) is 0 Å². The summed E-state index contributed by atoms with van der Waals surface area (Å²) >= 11 is 0. The highest BCUT2D eigenvalue weighted by Crippen LogP contribution is 2.17. The van der Waals surface area contributed by atoms with Gasteiger partial charge in [0.15, 0.2) is 0 Å². The molecule has 0 saturated carbocycles. The van der Waals surface area contributed by atoms with Crippen LogP contribution >= 0.6 is 0 Å². The summed E-state index contributed by atoms with van der Waals surface area (Å²) in [6, 6.07) is 17.1. The van der Waals surface area contributed by atoms with Gasteiger partial charge in [0.1, 0.15) is 19.0 Å². The predicted molar refractivity (Wildman–Crippen MR) is 146 cm³/mol. The van der Waals surface area contributed by atoms with Crippen molar-refractivity contribution >= 4 is 17.8 Å². The minimum absolute atomic E-state index is 0.0239. The lowest BCUT2D eigenvalue weighted by Crippen LogP contribution is -2.44.